The van der Waals surface area contributed by atoms with Crippen LogP contribution < -0.4 is 0 Å². The minimum atomic E-state index is -1.65. The fourth-order valence-corrected chi connectivity index (χ4v) is 3.34. The summed E-state index contributed by atoms with van der Waals surface area (Å²) >= 11 is 0. The molecular weight excluding hydrogens is 322 g/mol. The largest absolute Gasteiger partial charge is 0.464 e. The van der Waals surface area contributed by atoms with Crippen LogP contribution >= 0.6 is 0 Å². The lowest BCUT2D eigenvalue weighted by molar-refractivity contribution is -0.170. The van der Waals surface area contributed by atoms with E-state index in [-0.39, 0.29) is 19.6 Å². The summed E-state index contributed by atoms with van der Waals surface area (Å²) in [5, 5.41) is 11.1. The highest BCUT2D eigenvalue weighted by molar-refractivity contribution is 5.90. The first-order valence-electron chi connectivity index (χ1n) is 8.52. The number of ether oxygens (including phenoxy) is 2. The predicted octanol–water partition coefficient (Wildman–Crippen LogP) is 2.84. The molecule has 0 bridgehead atoms. The summed E-state index contributed by atoms with van der Waals surface area (Å²) in [6.07, 6.45) is -0.415. The zero-order valence-corrected chi connectivity index (χ0v) is 15.5. The van der Waals surface area contributed by atoms with Crippen LogP contribution in [0.5, 0.6) is 0 Å². The zero-order chi connectivity index (χ0) is 18.9. The molecule has 2 atom stereocenters. The Bertz CT molecular complexity index is 635. The van der Waals surface area contributed by atoms with Gasteiger partial charge in [0.05, 0.1) is 6.61 Å². The third kappa shape index (κ3) is 3.35. The van der Waals surface area contributed by atoms with Crippen LogP contribution in [0.1, 0.15) is 46.6 Å². The van der Waals surface area contributed by atoms with Crippen LogP contribution in [0.3, 0.4) is 0 Å². The number of aliphatic hydroxyl groups is 1. The standard InChI is InChI=1S/C19H27NO5/c1-6-24-15(21)19(14-10-8-7-9-11-14)18(5,23)12-13-20(19)16(22)25-17(2,3)4/h7-11,23H,6,12-13H2,1-5H3/t18-,19-/m1/s1. The van der Waals surface area contributed by atoms with E-state index >= 15 is 0 Å². The van der Waals surface area contributed by atoms with Crippen molar-refractivity contribution in [2.24, 2.45) is 0 Å². The second-order valence-electron chi connectivity index (χ2n) is 7.45. The third-order valence-corrected chi connectivity index (χ3v) is 4.38. The number of benzene rings is 1. The molecule has 1 amide bonds. The fraction of sp³-hybridized carbons (Fsp3) is 0.579. The van der Waals surface area contributed by atoms with Crippen LogP contribution in [-0.2, 0) is 19.8 Å². The molecular formula is C19H27NO5. The van der Waals surface area contributed by atoms with E-state index in [1.54, 1.807) is 58.9 Å². The van der Waals surface area contributed by atoms with Gasteiger partial charge < -0.3 is 14.6 Å². The third-order valence-electron chi connectivity index (χ3n) is 4.38. The monoisotopic (exact) mass is 349 g/mol. The van der Waals surface area contributed by atoms with Crippen LogP contribution in [0.2, 0.25) is 0 Å². The molecule has 1 aliphatic heterocycles. The lowest BCUT2D eigenvalue weighted by Crippen LogP contribution is -2.61. The van der Waals surface area contributed by atoms with Gasteiger partial charge in [-0.3, -0.25) is 4.90 Å². The molecule has 2 rings (SSSR count). The second-order valence-corrected chi connectivity index (χ2v) is 7.45. The summed E-state index contributed by atoms with van der Waals surface area (Å²) in [5.74, 6) is -0.658. The van der Waals surface area contributed by atoms with Gasteiger partial charge in [-0.25, -0.2) is 9.59 Å². The van der Waals surface area contributed by atoms with Crippen molar-refractivity contribution in [3.8, 4) is 0 Å². The average Bonchev–Trinajstić information content (AvgIpc) is 2.79. The van der Waals surface area contributed by atoms with E-state index in [9.17, 15) is 14.7 Å². The summed E-state index contributed by atoms with van der Waals surface area (Å²) in [7, 11) is 0. The highest BCUT2D eigenvalue weighted by Crippen LogP contribution is 2.47. The first-order valence-corrected chi connectivity index (χ1v) is 8.52. The number of carbonyl (C=O) groups is 2. The van der Waals surface area contributed by atoms with Gasteiger partial charge in [0.1, 0.15) is 11.2 Å². The Kier molecular flexibility index (Phi) is 5.14. The molecule has 1 aromatic rings. The van der Waals surface area contributed by atoms with Crippen LogP contribution in [0, 0.1) is 0 Å². The summed E-state index contributed by atoms with van der Waals surface area (Å²) < 4.78 is 10.8. The zero-order valence-electron chi connectivity index (χ0n) is 15.5. The van der Waals surface area contributed by atoms with Crippen LogP contribution in [0.4, 0.5) is 4.79 Å². The highest BCUT2D eigenvalue weighted by atomic mass is 16.6. The van der Waals surface area contributed by atoms with E-state index < -0.39 is 28.8 Å². The van der Waals surface area contributed by atoms with Crippen LogP contribution in [0.15, 0.2) is 30.3 Å². The number of rotatable bonds is 3. The van der Waals surface area contributed by atoms with Gasteiger partial charge in [-0.15, -0.1) is 0 Å². The van der Waals surface area contributed by atoms with Gasteiger partial charge in [0.2, 0.25) is 0 Å². The Morgan fingerprint density at radius 1 is 1.24 bits per heavy atom. The molecule has 1 fully saturated rings. The fourth-order valence-electron chi connectivity index (χ4n) is 3.34. The lowest BCUT2D eigenvalue weighted by Gasteiger charge is -2.43. The van der Waals surface area contributed by atoms with E-state index in [2.05, 4.69) is 0 Å². The number of nitrogens with zero attached hydrogens (tertiary/aromatic N) is 1. The molecule has 0 saturated carbocycles. The quantitative estimate of drug-likeness (QED) is 0.849. The van der Waals surface area contributed by atoms with Crippen LogP contribution in [0.25, 0.3) is 0 Å². The maximum Gasteiger partial charge on any atom is 0.411 e. The van der Waals surface area contributed by atoms with Gasteiger partial charge in [-0.2, -0.15) is 0 Å². The Hall–Kier alpha value is -2.08. The summed E-state index contributed by atoms with van der Waals surface area (Å²) in [5.41, 5.74) is -3.35. The molecule has 1 aromatic carbocycles. The average molecular weight is 349 g/mol. The van der Waals surface area contributed by atoms with Crippen molar-refractivity contribution in [3.05, 3.63) is 35.9 Å². The number of hydrogen-bond donors (Lipinski definition) is 1. The Morgan fingerprint density at radius 2 is 1.84 bits per heavy atom. The summed E-state index contributed by atoms with van der Waals surface area (Å²) in [6.45, 7) is 8.86. The van der Waals surface area contributed by atoms with E-state index in [1.165, 1.54) is 4.90 Å². The predicted molar refractivity (Wildman–Crippen MR) is 92.9 cm³/mol. The molecule has 0 spiro atoms. The van der Waals surface area contributed by atoms with E-state index in [4.69, 9.17) is 9.47 Å². The minimum absolute atomic E-state index is 0.144. The number of likely N-dealkylation sites (tertiary alicyclic amines) is 1. The van der Waals surface area contributed by atoms with Crippen molar-refractivity contribution in [1.82, 2.24) is 4.90 Å². The summed E-state index contributed by atoms with van der Waals surface area (Å²) in [4.78, 5) is 27.2. The number of esters is 1. The molecule has 0 unspecified atom stereocenters. The molecule has 0 aromatic heterocycles. The maximum atomic E-state index is 13.0. The molecule has 138 valence electrons. The molecule has 1 aliphatic rings. The lowest BCUT2D eigenvalue weighted by atomic mass is 9.76. The first-order chi connectivity index (χ1) is 11.6. The Balaban J connectivity index is 2.62. The van der Waals surface area contributed by atoms with Gasteiger partial charge >= 0.3 is 12.1 Å². The summed E-state index contributed by atoms with van der Waals surface area (Å²) in [6, 6.07) is 8.77. The second kappa shape index (κ2) is 6.67. The van der Waals surface area contributed by atoms with E-state index in [0.29, 0.717) is 5.56 Å². The van der Waals surface area contributed by atoms with Gasteiger partial charge in [0, 0.05) is 6.54 Å². The van der Waals surface area contributed by atoms with Gasteiger partial charge in [-0.05, 0) is 46.6 Å². The Labute approximate surface area is 148 Å². The van der Waals surface area contributed by atoms with Crippen molar-refractivity contribution in [1.29, 1.82) is 0 Å². The Morgan fingerprint density at radius 3 is 2.36 bits per heavy atom. The highest BCUT2D eigenvalue weighted by Gasteiger charge is 2.65. The van der Waals surface area contributed by atoms with Gasteiger partial charge in [0.25, 0.3) is 0 Å². The number of carbonyl (C=O) groups excluding carboxylic acids is 2. The van der Waals surface area contributed by atoms with Crippen molar-refractivity contribution >= 4 is 12.1 Å². The normalized spacial score (nSPS) is 26.4. The molecule has 1 saturated heterocycles. The van der Waals surface area contributed by atoms with Crippen LogP contribution in [-0.4, -0.2) is 46.4 Å². The molecule has 25 heavy (non-hydrogen) atoms. The topological polar surface area (TPSA) is 76.1 Å². The number of amides is 1. The SMILES string of the molecule is CCOC(=O)[C@@]1(c2ccccc2)N(C(=O)OC(C)(C)C)CC[C@@]1(C)O. The van der Waals surface area contributed by atoms with E-state index in [0.717, 1.165) is 0 Å². The molecule has 1 N–H and O–H groups in total. The molecule has 0 radical (unpaired) electrons. The number of hydrogen-bond acceptors (Lipinski definition) is 5. The van der Waals surface area contributed by atoms with Crippen molar-refractivity contribution < 1.29 is 24.2 Å². The molecule has 6 nitrogen and oxygen atoms in total. The van der Waals surface area contributed by atoms with Gasteiger partial charge in [0.15, 0.2) is 5.54 Å². The molecule has 0 aliphatic carbocycles. The molecule has 1 heterocycles. The first kappa shape index (κ1) is 19.2. The smallest absolute Gasteiger partial charge is 0.411 e. The van der Waals surface area contributed by atoms with Gasteiger partial charge in [-0.1, -0.05) is 30.3 Å². The minimum Gasteiger partial charge on any atom is -0.464 e. The maximum absolute atomic E-state index is 13.0. The van der Waals surface area contributed by atoms with Crippen molar-refractivity contribution in [2.45, 2.75) is 57.8 Å². The van der Waals surface area contributed by atoms with E-state index in [1.807, 2.05) is 6.07 Å². The van der Waals surface area contributed by atoms with Crippen molar-refractivity contribution in [2.75, 3.05) is 13.2 Å². The molecule has 6 heteroatoms. The van der Waals surface area contributed by atoms with Crippen molar-refractivity contribution in [3.63, 3.8) is 0 Å².